The summed E-state index contributed by atoms with van der Waals surface area (Å²) < 4.78 is 5.50. The minimum Gasteiger partial charge on any atom is -0.496 e. The quantitative estimate of drug-likeness (QED) is 0.544. The van der Waals surface area contributed by atoms with Crippen molar-refractivity contribution < 1.29 is 4.74 Å². The van der Waals surface area contributed by atoms with Crippen molar-refractivity contribution in [3.63, 3.8) is 0 Å². The average molecular weight is 362 g/mol. The standard InChI is InChI=1S/C21H16ClN3O/c1-26-19-10-9-17(15-7-2-3-8-16(15)19)20-18(12-24-21(23)25-20)13-5-4-6-14(22)11-13/h2-12H,1H3,(H2,23,24,25). The summed E-state index contributed by atoms with van der Waals surface area (Å²) in [6, 6.07) is 19.6. The first-order chi connectivity index (χ1) is 12.7. The summed E-state index contributed by atoms with van der Waals surface area (Å²) in [5.41, 5.74) is 9.44. The van der Waals surface area contributed by atoms with E-state index in [-0.39, 0.29) is 5.95 Å². The molecule has 0 radical (unpaired) electrons. The molecular formula is C21H16ClN3O. The van der Waals surface area contributed by atoms with Gasteiger partial charge in [-0.25, -0.2) is 9.97 Å². The van der Waals surface area contributed by atoms with Crippen LogP contribution in [0.2, 0.25) is 5.02 Å². The Morgan fingerprint density at radius 1 is 0.923 bits per heavy atom. The number of fused-ring (bicyclic) bond motifs is 1. The van der Waals surface area contributed by atoms with Crippen LogP contribution in [-0.2, 0) is 0 Å². The van der Waals surface area contributed by atoms with Crippen LogP contribution in [0.1, 0.15) is 0 Å². The van der Waals surface area contributed by atoms with Crippen LogP contribution in [0.3, 0.4) is 0 Å². The number of ether oxygens (including phenoxy) is 1. The lowest BCUT2D eigenvalue weighted by Crippen LogP contribution is -1.99. The van der Waals surface area contributed by atoms with Gasteiger partial charge in [0.15, 0.2) is 0 Å². The summed E-state index contributed by atoms with van der Waals surface area (Å²) in [4.78, 5) is 8.72. The van der Waals surface area contributed by atoms with E-state index >= 15 is 0 Å². The van der Waals surface area contributed by atoms with Gasteiger partial charge in [0.05, 0.1) is 12.8 Å². The largest absolute Gasteiger partial charge is 0.496 e. The Morgan fingerprint density at radius 3 is 2.50 bits per heavy atom. The molecule has 4 aromatic rings. The molecule has 128 valence electrons. The van der Waals surface area contributed by atoms with E-state index in [1.54, 1.807) is 13.3 Å². The summed E-state index contributed by atoms with van der Waals surface area (Å²) in [5, 5.41) is 2.71. The second-order valence-corrected chi connectivity index (χ2v) is 6.30. The predicted octanol–water partition coefficient (Wildman–Crippen LogP) is 5.21. The van der Waals surface area contributed by atoms with E-state index in [2.05, 4.69) is 9.97 Å². The molecular weight excluding hydrogens is 346 g/mol. The van der Waals surface area contributed by atoms with Crippen molar-refractivity contribution in [3.05, 3.63) is 71.9 Å². The van der Waals surface area contributed by atoms with Crippen LogP contribution in [0.15, 0.2) is 66.9 Å². The second kappa shape index (κ2) is 6.65. The van der Waals surface area contributed by atoms with Gasteiger partial charge in [-0.05, 0) is 35.2 Å². The molecule has 0 fully saturated rings. The lowest BCUT2D eigenvalue weighted by atomic mass is 9.96. The van der Waals surface area contributed by atoms with Crippen molar-refractivity contribution in [1.82, 2.24) is 9.97 Å². The molecule has 4 rings (SSSR count). The Kier molecular flexibility index (Phi) is 4.19. The highest BCUT2D eigenvalue weighted by Gasteiger charge is 2.15. The third kappa shape index (κ3) is 2.85. The molecule has 0 aliphatic rings. The van der Waals surface area contributed by atoms with Gasteiger partial charge in [-0.3, -0.25) is 0 Å². The number of nitrogens with two attached hydrogens (primary N) is 1. The molecule has 0 unspecified atom stereocenters. The molecule has 0 aliphatic carbocycles. The van der Waals surface area contributed by atoms with Crippen LogP contribution >= 0.6 is 11.6 Å². The SMILES string of the molecule is COc1ccc(-c2nc(N)ncc2-c2cccc(Cl)c2)c2ccccc12. The molecule has 4 nitrogen and oxygen atoms in total. The van der Waals surface area contributed by atoms with E-state index in [1.165, 1.54) is 0 Å². The summed E-state index contributed by atoms with van der Waals surface area (Å²) in [6.07, 6.45) is 1.74. The summed E-state index contributed by atoms with van der Waals surface area (Å²) >= 11 is 6.18. The molecule has 1 aromatic heterocycles. The topological polar surface area (TPSA) is 61.0 Å². The smallest absolute Gasteiger partial charge is 0.220 e. The maximum Gasteiger partial charge on any atom is 0.220 e. The predicted molar refractivity (Wildman–Crippen MR) is 106 cm³/mol. The highest BCUT2D eigenvalue weighted by atomic mass is 35.5. The first-order valence-corrected chi connectivity index (χ1v) is 8.50. The molecule has 1 heterocycles. The molecule has 3 aromatic carbocycles. The van der Waals surface area contributed by atoms with Crippen molar-refractivity contribution in [2.45, 2.75) is 0 Å². The van der Waals surface area contributed by atoms with Crippen molar-refractivity contribution in [2.75, 3.05) is 12.8 Å². The van der Waals surface area contributed by atoms with E-state index in [4.69, 9.17) is 22.1 Å². The fourth-order valence-electron chi connectivity index (χ4n) is 3.12. The fraction of sp³-hybridized carbons (Fsp3) is 0.0476. The number of nitrogen functional groups attached to an aromatic ring is 1. The van der Waals surface area contributed by atoms with Gasteiger partial charge in [0, 0.05) is 27.7 Å². The molecule has 0 aliphatic heterocycles. The van der Waals surface area contributed by atoms with Gasteiger partial charge < -0.3 is 10.5 Å². The molecule has 0 atom stereocenters. The third-order valence-corrected chi connectivity index (χ3v) is 4.54. The minimum absolute atomic E-state index is 0.227. The van der Waals surface area contributed by atoms with Crippen LogP contribution in [0.5, 0.6) is 5.75 Å². The Hall–Kier alpha value is -3.11. The van der Waals surface area contributed by atoms with Gasteiger partial charge in [-0.1, -0.05) is 48.0 Å². The summed E-state index contributed by atoms with van der Waals surface area (Å²) in [7, 11) is 1.67. The Balaban J connectivity index is 2.03. The van der Waals surface area contributed by atoms with Gasteiger partial charge in [-0.2, -0.15) is 0 Å². The van der Waals surface area contributed by atoms with Gasteiger partial charge in [0.1, 0.15) is 5.75 Å². The van der Waals surface area contributed by atoms with Gasteiger partial charge in [0.2, 0.25) is 5.95 Å². The van der Waals surface area contributed by atoms with E-state index in [1.807, 2.05) is 60.7 Å². The molecule has 0 amide bonds. The number of rotatable bonds is 3. The number of hydrogen-bond donors (Lipinski definition) is 1. The van der Waals surface area contributed by atoms with Crippen LogP contribution in [0.25, 0.3) is 33.2 Å². The molecule has 0 saturated carbocycles. The zero-order valence-electron chi connectivity index (χ0n) is 14.1. The highest BCUT2D eigenvalue weighted by Crippen LogP contribution is 2.38. The van der Waals surface area contributed by atoms with E-state index in [0.717, 1.165) is 38.9 Å². The van der Waals surface area contributed by atoms with E-state index in [9.17, 15) is 0 Å². The molecule has 26 heavy (non-hydrogen) atoms. The van der Waals surface area contributed by atoms with Crippen LogP contribution in [0.4, 0.5) is 5.95 Å². The Morgan fingerprint density at radius 2 is 1.73 bits per heavy atom. The maximum atomic E-state index is 6.18. The lowest BCUT2D eigenvalue weighted by molar-refractivity contribution is 0.420. The molecule has 5 heteroatoms. The van der Waals surface area contributed by atoms with E-state index < -0.39 is 0 Å². The van der Waals surface area contributed by atoms with Crippen LogP contribution in [0, 0.1) is 0 Å². The number of aromatic nitrogens is 2. The average Bonchev–Trinajstić information content (AvgIpc) is 2.67. The monoisotopic (exact) mass is 361 g/mol. The van der Waals surface area contributed by atoms with E-state index in [0.29, 0.717) is 5.02 Å². The third-order valence-electron chi connectivity index (χ3n) is 4.30. The number of benzene rings is 3. The normalized spacial score (nSPS) is 10.8. The molecule has 0 spiro atoms. The highest BCUT2D eigenvalue weighted by molar-refractivity contribution is 6.30. The Bertz CT molecular complexity index is 1110. The number of hydrogen-bond acceptors (Lipinski definition) is 4. The van der Waals surface area contributed by atoms with Crippen molar-refractivity contribution in [3.8, 4) is 28.1 Å². The number of anilines is 1. The second-order valence-electron chi connectivity index (χ2n) is 5.86. The van der Waals surface area contributed by atoms with Crippen LogP contribution < -0.4 is 10.5 Å². The molecule has 2 N–H and O–H groups in total. The number of nitrogens with zero attached hydrogens (tertiary/aromatic N) is 2. The first kappa shape index (κ1) is 16.4. The lowest BCUT2D eigenvalue weighted by Gasteiger charge is -2.14. The van der Waals surface area contributed by atoms with Crippen molar-refractivity contribution >= 4 is 28.3 Å². The molecule has 0 bridgehead atoms. The maximum absolute atomic E-state index is 6.18. The van der Waals surface area contributed by atoms with Gasteiger partial charge in [-0.15, -0.1) is 0 Å². The summed E-state index contributed by atoms with van der Waals surface area (Å²) in [5.74, 6) is 1.04. The Labute approximate surface area is 156 Å². The van der Waals surface area contributed by atoms with Crippen molar-refractivity contribution in [1.29, 1.82) is 0 Å². The zero-order chi connectivity index (χ0) is 18.1. The molecule has 0 saturated heterocycles. The fourth-order valence-corrected chi connectivity index (χ4v) is 3.31. The van der Waals surface area contributed by atoms with Crippen LogP contribution in [-0.4, -0.2) is 17.1 Å². The minimum atomic E-state index is 0.227. The zero-order valence-corrected chi connectivity index (χ0v) is 14.9. The first-order valence-electron chi connectivity index (χ1n) is 8.12. The summed E-state index contributed by atoms with van der Waals surface area (Å²) in [6.45, 7) is 0. The van der Waals surface area contributed by atoms with Gasteiger partial charge >= 0.3 is 0 Å². The number of methoxy groups -OCH3 is 1. The number of halogens is 1. The van der Waals surface area contributed by atoms with Crippen molar-refractivity contribution in [2.24, 2.45) is 0 Å². The van der Waals surface area contributed by atoms with Gasteiger partial charge in [0.25, 0.3) is 0 Å².